The molecule has 0 unspecified atom stereocenters. The maximum Gasteiger partial charge on any atom is 0.239 e. The van der Waals surface area contributed by atoms with Gasteiger partial charge in [0.05, 0.1) is 12.9 Å². The lowest BCUT2D eigenvalue weighted by molar-refractivity contribution is -0.119. The van der Waals surface area contributed by atoms with Crippen LogP contribution in [0.1, 0.15) is 13.8 Å². The Hall–Kier alpha value is -2.18. The molecule has 0 aliphatic heterocycles. The molecule has 2 heterocycles. The fourth-order valence-corrected chi connectivity index (χ4v) is 1.44. The van der Waals surface area contributed by atoms with Crippen LogP contribution in [0.5, 0.6) is 0 Å². The zero-order chi connectivity index (χ0) is 12.3. The van der Waals surface area contributed by atoms with Gasteiger partial charge in [-0.05, 0) is 13.8 Å². The zero-order valence-corrected chi connectivity index (χ0v) is 9.69. The lowest BCUT2D eigenvalue weighted by Crippen LogP contribution is -2.35. The minimum atomic E-state index is -0.0775. The minimum absolute atomic E-state index is 0.0775. The lowest BCUT2D eigenvalue weighted by Gasteiger charge is -2.09. The molecule has 0 spiro atoms. The molecule has 90 valence electrons. The number of anilines is 1. The molecule has 0 aliphatic rings. The number of aromatic nitrogens is 4. The van der Waals surface area contributed by atoms with Crippen molar-refractivity contribution < 1.29 is 4.79 Å². The van der Waals surface area contributed by atoms with Crippen LogP contribution >= 0.6 is 0 Å². The third-order valence-electron chi connectivity index (χ3n) is 2.09. The van der Waals surface area contributed by atoms with Gasteiger partial charge in [-0.2, -0.15) is 0 Å². The molecule has 2 rings (SSSR count). The number of aromatic amines is 1. The van der Waals surface area contributed by atoms with Gasteiger partial charge >= 0.3 is 0 Å². The van der Waals surface area contributed by atoms with Gasteiger partial charge in [-0.15, -0.1) is 0 Å². The van der Waals surface area contributed by atoms with Crippen molar-refractivity contribution in [2.45, 2.75) is 19.9 Å². The molecule has 3 N–H and O–H groups in total. The van der Waals surface area contributed by atoms with E-state index in [9.17, 15) is 4.79 Å². The third-order valence-corrected chi connectivity index (χ3v) is 2.09. The van der Waals surface area contributed by atoms with Crippen LogP contribution in [0, 0.1) is 0 Å². The molecule has 0 saturated heterocycles. The normalized spacial score (nSPS) is 10.8. The first kappa shape index (κ1) is 11.3. The van der Waals surface area contributed by atoms with Gasteiger partial charge in [-0.3, -0.25) is 4.79 Å². The average Bonchev–Trinajstić information content (AvgIpc) is 2.73. The number of carbonyl (C=O) groups excluding carboxylic acids is 1. The van der Waals surface area contributed by atoms with Crippen molar-refractivity contribution in [2.24, 2.45) is 0 Å². The van der Waals surface area contributed by atoms with E-state index in [1.165, 1.54) is 6.33 Å². The van der Waals surface area contributed by atoms with Gasteiger partial charge in [0, 0.05) is 6.04 Å². The van der Waals surface area contributed by atoms with Crippen molar-refractivity contribution in [1.29, 1.82) is 0 Å². The molecule has 7 nitrogen and oxygen atoms in total. The molecule has 0 radical (unpaired) electrons. The number of carbonyl (C=O) groups is 1. The molecule has 2 aromatic rings. The largest absolute Gasteiger partial charge is 0.359 e. The Labute approximate surface area is 98.1 Å². The molecule has 7 heteroatoms. The first-order valence-corrected chi connectivity index (χ1v) is 5.34. The molecule has 17 heavy (non-hydrogen) atoms. The van der Waals surface area contributed by atoms with E-state index in [0.717, 1.165) is 0 Å². The van der Waals surface area contributed by atoms with Crippen LogP contribution in [0.4, 0.5) is 5.82 Å². The predicted molar refractivity (Wildman–Crippen MR) is 63.5 cm³/mol. The van der Waals surface area contributed by atoms with E-state index in [2.05, 4.69) is 30.6 Å². The van der Waals surface area contributed by atoms with Crippen molar-refractivity contribution in [1.82, 2.24) is 25.3 Å². The highest BCUT2D eigenvalue weighted by molar-refractivity contribution is 5.86. The summed E-state index contributed by atoms with van der Waals surface area (Å²) in [6.45, 7) is 3.99. The average molecular weight is 234 g/mol. The van der Waals surface area contributed by atoms with Crippen LogP contribution in [0.2, 0.25) is 0 Å². The number of hydrogen-bond acceptors (Lipinski definition) is 5. The maximum absolute atomic E-state index is 11.5. The van der Waals surface area contributed by atoms with Gasteiger partial charge in [-0.1, -0.05) is 0 Å². The smallest absolute Gasteiger partial charge is 0.239 e. The summed E-state index contributed by atoms with van der Waals surface area (Å²) < 4.78 is 0. The molecule has 0 aliphatic carbocycles. The van der Waals surface area contributed by atoms with Gasteiger partial charge in [0.1, 0.15) is 11.8 Å². The SMILES string of the molecule is CC(C)NC(=O)CNc1ncnc2nc[nH]c12. The van der Waals surface area contributed by atoms with E-state index in [1.807, 2.05) is 13.8 Å². The van der Waals surface area contributed by atoms with Crippen molar-refractivity contribution in [3.8, 4) is 0 Å². The first-order valence-electron chi connectivity index (χ1n) is 5.34. The van der Waals surface area contributed by atoms with E-state index in [4.69, 9.17) is 0 Å². The summed E-state index contributed by atoms with van der Waals surface area (Å²) >= 11 is 0. The fraction of sp³-hybridized carbons (Fsp3) is 0.400. The number of nitrogens with zero attached hydrogens (tertiary/aromatic N) is 3. The number of fused-ring (bicyclic) bond motifs is 1. The summed E-state index contributed by atoms with van der Waals surface area (Å²) in [5.41, 5.74) is 1.27. The van der Waals surface area contributed by atoms with Crippen LogP contribution in [-0.4, -0.2) is 38.4 Å². The van der Waals surface area contributed by atoms with Crippen LogP contribution in [-0.2, 0) is 4.79 Å². The molecule has 0 bridgehead atoms. The topological polar surface area (TPSA) is 95.6 Å². The second-order valence-corrected chi connectivity index (χ2v) is 3.90. The molecule has 1 amide bonds. The highest BCUT2D eigenvalue weighted by Crippen LogP contribution is 2.13. The Morgan fingerprint density at radius 3 is 3.00 bits per heavy atom. The van der Waals surface area contributed by atoms with Crippen LogP contribution in [0.3, 0.4) is 0 Å². The van der Waals surface area contributed by atoms with Crippen molar-refractivity contribution >= 4 is 22.9 Å². The quantitative estimate of drug-likeness (QED) is 0.706. The zero-order valence-electron chi connectivity index (χ0n) is 9.69. The van der Waals surface area contributed by atoms with E-state index in [0.29, 0.717) is 17.0 Å². The van der Waals surface area contributed by atoms with Crippen LogP contribution < -0.4 is 10.6 Å². The number of imidazole rings is 1. The van der Waals surface area contributed by atoms with Gasteiger partial charge in [0.25, 0.3) is 0 Å². The van der Waals surface area contributed by atoms with E-state index >= 15 is 0 Å². The van der Waals surface area contributed by atoms with Gasteiger partial charge in [-0.25, -0.2) is 15.0 Å². The van der Waals surface area contributed by atoms with E-state index < -0.39 is 0 Å². The Balaban J connectivity index is 2.04. The summed E-state index contributed by atoms with van der Waals surface area (Å²) in [5.74, 6) is 0.498. The van der Waals surface area contributed by atoms with Crippen molar-refractivity contribution in [3.63, 3.8) is 0 Å². The second-order valence-electron chi connectivity index (χ2n) is 3.90. The second kappa shape index (κ2) is 4.77. The number of rotatable bonds is 4. The highest BCUT2D eigenvalue weighted by atomic mass is 16.1. The summed E-state index contributed by atoms with van der Waals surface area (Å²) in [6.07, 6.45) is 2.95. The molecule has 0 fully saturated rings. The van der Waals surface area contributed by atoms with Crippen LogP contribution in [0.25, 0.3) is 11.2 Å². The number of amides is 1. The monoisotopic (exact) mass is 234 g/mol. The molecular formula is C10H14N6O. The fourth-order valence-electron chi connectivity index (χ4n) is 1.44. The van der Waals surface area contributed by atoms with E-state index in [1.54, 1.807) is 6.33 Å². The predicted octanol–water partition coefficient (Wildman–Crippen LogP) is 0.289. The Morgan fingerprint density at radius 2 is 2.24 bits per heavy atom. The van der Waals surface area contributed by atoms with Crippen molar-refractivity contribution in [2.75, 3.05) is 11.9 Å². The van der Waals surface area contributed by atoms with Gasteiger partial charge in [0.15, 0.2) is 11.5 Å². The molecular weight excluding hydrogens is 220 g/mol. The van der Waals surface area contributed by atoms with Gasteiger partial charge in [0.2, 0.25) is 5.91 Å². The molecule has 0 aromatic carbocycles. The minimum Gasteiger partial charge on any atom is -0.359 e. The number of hydrogen-bond donors (Lipinski definition) is 3. The molecule has 0 atom stereocenters. The number of H-pyrrole nitrogens is 1. The molecule has 0 saturated carbocycles. The van der Waals surface area contributed by atoms with E-state index in [-0.39, 0.29) is 18.5 Å². The molecule has 2 aromatic heterocycles. The van der Waals surface area contributed by atoms with Gasteiger partial charge < -0.3 is 15.6 Å². The first-order chi connectivity index (χ1) is 8.16. The lowest BCUT2D eigenvalue weighted by atomic mass is 10.4. The third kappa shape index (κ3) is 2.68. The summed E-state index contributed by atoms with van der Waals surface area (Å²) in [6, 6.07) is 0.127. The van der Waals surface area contributed by atoms with Crippen molar-refractivity contribution in [3.05, 3.63) is 12.7 Å². The Kier molecular flexibility index (Phi) is 3.17. The Morgan fingerprint density at radius 1 is 1.41 bits per heavy atom. The standard InChI is InChI=1S/C10H14N6O/c1-6(2)16-7(17)3-11-9-8-10(13-4-12-8)15-5-14-9/h4-6H,3H2,1-2H3,(H,16,17)(H2,11,12,13,14,15). The maximum atomic E-state index is 11.5. The number of nitrogens with one attached hydrogen (secondary N) is 3. The summed E-state index contributed by atoms with van der Waals surface area (Å²) in [4.78, 5) is 26.4. The highest BCUT2D eigenvalue weighted by Gasteiger charge is 2.07. The summed E-state index contributed by atoms with van der Waals surface area (Å²) in [5, 5.41) is 5.73. The van der Waals surface area contributed by atoms with Crippen LogP contribution in [0.15, 0.2) is 12.7 Å². The Bertz CT molecular complexity index is 520. The summed E-state index contributed by atoms with van der Waals surface area (Å²) in [7, 11) is 0.